The fourth-order valence-corrected chi connectivity index (χ4v) is 13.6. The number of primary amides is 1. The molecule has 0 aliphatic carbocycles. The summed E-state index contributed by atoms with van der Waals surface area (Å²) in [7, 11) is 9.29. The van der Waals surface area contributed by atoms with Crippen LogP contribution in [0, 0.1) is 22.7 Å². The van der Waals surface area contributed by atoms with Gasteiger partial charge in [-0.3, -0.25) is 14.6 Å². The number of carbonyl (C=O) groups is 1. The number of nitrogens with zero attached hydrogens (tertiary/aromatic N) is 12. The Labute approximate surface area is 558 Å². The van der Waals surface area contributed by atoms with Crippen molar-refractivity contribution in [1.29, 1.82) is 10.5 Å². The van der Waals surface area contributed by atoms with Crippen LogP contribution in [0.5, 0.6) is 34.9 Å². The highest BCUT2D eigenvalue weighted by Crippen LogP contribution is 2.41. The van der Waals surface area contributed by atoms with E-state index in [1.165, 1.54) is 35.3 Å². The quantitative estimate of drug-likeness (QED) is 0.0658. The number of methoxy groups -OCH3 is 3. The number of halogens is 1. The first-order valence-electron chi connectivity index (χ1n) is 29.7. The number of likely N-dealkylation sites (N-methyl/N-ethyl adjacent to an activating group) is 2. The van der Waals surface area contributed by atoms with Crippen molar-refractivity contribution in [3.63, 3.8) is 0 Å². The van der Waals surface area contributed by atoms with E-state index in [0.29, 0.717) is 84.3 Å². The van der Waals surface area contributed by atoms with E-state index in [9.17, 15) is 4.79 Å². The first kappa shape index (κ1) is 65.2. The summed E-state index contributed by atoms with van der Waals surface area (Å²) in [6, 6.07) is 51.4. The summed E-state index contributed by atoms with van der Waals surface area (Å²) in [6.07, 6.45) is 7.59. The van der Waals surface area contributed by atoms with Crippen LogP contribution in [0.25, 0.3) is 0 Å². The van der Waals surface area contributed by atoms with Crippen molar-refractivity contribution in [2.75, 3.05) is 71.4 Å². The van der Waals surface area contributed by atoms with E-state index >= 15 is 0 Å². The van der Waals surface area contributed by atoms with Gasteiger partial charge in [0.1, 0.15) is 37.1 Å². The number of amides is 1. The van der Waals surface area contributed by atoms with Crippen LogP contribution in [-0.4, -0.2) is 131 Å². The molecule has 24 heteroatoms. The fraction of sp³-hybridized carbons (Fsp3) is 0.261. The lowest BCUT2D eigenvalue weighted by molar-refractivity contribution is 0.1000. The van der Waals surface area contributed by atoms with Gasteiger partial charge in [0.25, 0.3) is 0 Å². The Morgan fingerprint density at radius 1 is 0.516 bits per heavy atom. The molecule has 4 aliphatic rings. The molecule has 3 aromatic heterocycles. The smallest absolute Gasteiger partial charge is 0.248 e. The third-order valence-corrected chi connectivity index (χ3v) is 19.2. The third-order valence-electron chi connectivity index (χ3n) is 16.0. The van der Waals surface area contributed by atoms with Gasteiger partial charge in [0, 0.05) is 76.8 Å². The van der Waals surface area contributed by atoms with E-state index in [1.807, 2.05) is 134 Å². The Morgan fingerprint density at radius 2 is 0.882 bits per heavy atom. The Bertz CT molecular complexity index is 4150. The maximum atomic E-state index is 11.4. The van der Waals surface area contributed by atoms with Crippen LogP contribution in [0.2, 0.25) is 5.28 Å². The molecule has 4 bridgehead atoms. The van der Waals surface area contributed by atoms with Gasteiger partial charge in [-0.2, -0.15) is 25.5 Å². The second kappa shape index (κ2) is 30.9. The number of piperazine rings is 2. The molecule has 4 aliphatic heterocycles. The summed E-state index contributed by atoms with van der Waals surface area (Å²) in [4.78, 5) is 53.4. The Balaban J connectivity index is 0.000000144. The molecule has 9 aromatic rings. The van der Waals surface area contributed by atoms with Gasteiger partial charge in [-0.05, 0) is 164 Å². The molecular weight excluding hydrogens is 1250 g/mol. The summed E-state index contributed by atoms with van der Waals surface area (Å²) >= 11 is 10.4. The number of nitrogens with two attached hydrogens (primary N) is 1. The zero-order valence-corrected chi connectivity index (χ0v) is 54.9. The Morgan fingerprint density at radius 3 is 1.22 bits per heavy atom. The number of ether oxygens (including phenoxy) is 6. The Kier molecular flexibility index (Phi) is 21.6. The van der Waals surface area contributed by atoms with Gasteiger partial charge in [-0.1, -0.05) is 71.7 Å². The lowest BCUT2D eigenvalue weighted by atomic mass is 10.2. The van der Waals surface area contributed by atoms with Gasteiger partial charge in [0.2, 0.25) is 40.7 Å². The highest BCUT2D eigenvalue weighted by atomic mass is 35.5. The minimum Gasteiger partial charge on any atom is -0.497 e. The molecule has 0 spiro atoms. The van der Waals surface area contributed by atoms with Crippen molar-refractivity contribution < 1.29 is 33.2 Å². The van der Waals surface area contributed by atoms with Crippen molar-refractivity contribution in [2.24, 2.45) is 5.73 Å². The van der Waals surface area contributed by atoms with Gasteiger partial charge in [-0.15, -0.1) is 0 Å². The van der Waals surface area contributed by atoms with Crippen LogP contribution >= 0.6 is 46.9 Å². The van der Waals surface area contributed by atoms with Crippen molar-refractivity contribution >= 4 is 64.7 Å². The molecule has 474 valence electrons. The molecule has 6 aromatic carbocycles. The molecule has 13 rings (SSSR count). The number of fused-ring (bicyclic) bond motifs is 4. The lowest BCUT2D eigenvalue weighted by Crippen LogP contribution is -2.45. The molecule has 7 heterocycles. The third kappa shape index (κ3) is 16.9. The number of benzene rings is 6. The van der Waals surface area contributed by atoms with Gasteiger partial charge in [0.15, 0.2) is 0 Å². The minimum absolute atomic E-state index is 0.120. The maximum absolute atomic E-state index is 11.4. The molecule has 20 nitrogen and oxygen atoms in total. The first-order chi connectivity index (χ1) is 45.3. The summed E-state index contributed by atoms with van der Waals surface area (Å²) in [5, 5.41) is 18.1. The van der Waals surface area contributed by atoms with Crippen LogP contribution < -0.4 is 44.0 Å². The van der Waals surface area contributed by atoms with Gasteiger partial charge in [-0.25, -0.2) is 15.0 Å². The maximum Gasteiger partial charge on any atom is 0.248 e. The number of nitriles is 2. The minimum atomic E-state index is -0.447. The second-order valence-electron chi connectivity index (χ2n) is 22.1. The molecule has 93 heavy (non-hydrogen) atoms. The highest BCUT2D eigenvalue weighted by Gasteiger charge is 2.44. The summed E-state index contributed by atoms with van der Waals surface area (Å²) < 4.78 is 34.2. The summed E-state index contributed by atoms with van der Waals surface area (Å²) in [6.45, 7) is 4.99. The molecule has 4 atom stereocenters. The van der Waals surface area contributed by atoms with Crippen LogP contribution in [0.4, 0.5) is 11.9 Å². The zero-order valence-electron chi connectivity index (χ0n) is 51.7. The molecule has 0 radical (unpaired) electrons. The monoisotopic (exact) mass is 1320 g/mol. The number of likely N-dealkylation sites (tertiary alicyclic amines) is 2. The average Bonchev–Trinajstić information content (AvgIpc) is 1.69. The van der Waals surface area contributed by atoms with Crippen molar-refractivity contribution in [1.82, 2.24) is 39.7 Å². The molecule has 1 amide bonds. The predicted octanol–water partition coefficient (Wildman–Crippen LogP) is 11.9. The summed E-state index contributed by atoms with van der Waals surface area (Å²) in [5.41, 5.74) is 10.0. The molecule has 4 fully saturated rings. The van der Waals surface area contributed by atoms with Crippen LogP contribution in [0.3, 0.4) is 0 Å². The van der Waals surface area contributed by atoms with E-state index in [-0.39, 0.29) is 5.28 Å². The van der Waals surface area contributed by atoms with E-state index in [4.69, 9.17) is 76.2 Å². The van der Waals surface area contributed by atoms with Crippen molar-refractivity contribution in [3.05, 3.63) is 203 Å². The van der Waals surface area contributed by atoms with Gasteiger partial charge in [0.05, 0.1) is 71.7 Å². The van der Waals surface area contributed by atoms with Crippen LogP contribution in [-0.2, 0) is 19.8 Å². The number of rotatable bonds is 21. The first-order valence-corrected chi connectivity index (χ1v) is 32.5. The average molecular weight is 1320 g/mol. The second-order valence-corrected chi connectivity index (χ2v) is 25.8. The highest BCUT2D eigenvalue weighted by molar-refractivity contribution is 8.00. The van der Waals surface area contributed by atoms with Gasteiger partial charge >= 0.3 is 0 Å². The SMILES string of the molecule is COc1cccc(COc2nc(Cl)ncc2Sc2ccc(C#N)cc2)c1.COc1cccc(COc2nc(N3CC4CC3CN4C)ncc2Sc2ccc(C#N)cc2)c1.COc1cccc(COc2nc(N3CC4CC3CN4C)ncc2Sc2ccc(C(N)=O)cc2)c1. The number of carbonyl (C=O) groups excluding carboxylic acids is 1. The van der Waals surface area contributed by atoms with Crippen LogP contribution in [0.15, 0.2) is 194 Å². The summed E-state index contributed by atoms with van der Waals surface area (Å²) in [5.74, 6) is 4.82. The van der Waals surface area contributed by atoms with Crippen molar-refractivity contribution in [3.8, 4) is 47.0 Å². The number of hydrogen-bond acceptors (Lipinski definition) is 22. The number of anilines is 2. The van der Waals surface area contributed by atoms with Gasteiger partial charge < -0.3 is 44.0 Å². The number of aromatic nitrogens is 6. The molecule has 4 saturated heterocycles. The molecular formula is C69H66ClN13O7S3. The molecule has 2 N–H and O–H groups in total. The predicted molar refractivity (Wildman–Crippen MR) is 357 cm³/mol. The normalized spacial score (nSPS) is 16.9. The number of hydrogen-bond donors (Lipinski definition) is 1. The van der Waals surface area contributed by atoms with Crippen molar-refractivity contribution in [2.45, 2.75) is 86.2 Å². The van der Waals surface area contributed by atoms with E-state index in [1.54, 1.807) is 51.8 Å². The fourth-order valence-electron chi connectivity index (χ4n) is 11.1. The largest absolute Gasteiger partial charge is 0.497 e. The lowest BCUT2D eigenvalue weighted by Gasteiger charge is -2.32. The molecule has 0 saturated carbocycles. The standard InChI is InChI=1S/C25H27N5O3S.C25H25N5O2S.C19H14ClN3O2S/c1-29-13-19-11-18(29)14-30(19)25-27-12-22(34-21-8-6-17(7-9-21)23(26)31)24(28-25)33-15-16-4-3-5-20(10-16)32-2;1-29-14-20-11-19(29)15-30(20)25-27-13-23(33-22-8-6-17(12-26)7-9-22)24(28-25)32-16-18-4-3-5-21(10-18)31-2;1-24-15-4-2-3-14(9-15)12-25-18-17(11-22-19(20)23-18)26-16-7-5-13(10-21)6-8-16/h3-10,12,18-19H,11,13-15H2,1-2H3,(H2,26,31);3-10,13,19-20H,11,14-16H2,1-2H3;2-9,11H,12H2,1H3. The van der Waals surface area contributed by atoms with Crippen LogP contribution in [0.1, 0.15) is 51.0 Å². The Hall–Kier alpha value is -9.33. The molecule has 4 unspecified atom stereocenters. The zero-order chi connectivity index (χ0) is 64.8. The topological polar surface area (TPSA) is 236 Å². The van der Waals surface area contributed by atoms with E-state index in [2.05, 4.69) is 55.8 Å². The van der Waals surface area contributed by atoms with E-state index < -0.39 is 5.91 Å². The van der Waals surface area contributed by atoms with E-state index in [0.717, 1.165) is 108 Å².